The first-order chi connectivity index (χ1) is 19.4. The van der Waals surface area contributed by atoms with Gasteiger partial charge in [0.1, 0.15) is 6.54 Å². The lowest BCUT2D eigenvalue weighted by Crippen LogP contribution is -2.40. The van der Waals surface area contributed by atoms with E-state index in [4.69, 9.17) is 4.74 Å². The van der Waals surface area contributed by atoms with Gasteiger partial charge >= 0.3 is 5.97 Å². The number of hydrogen-bond acceptors (Lipinski definition) is 5. The van der Waals surface area contributed by atoms with E-state index in [1.54, 1.807) is 34.6 Å². The molecule has 204 valence electrons. The summed E-state index contributed by atoms with van der Waals surface area (Å²) < 4.78 is 6.71. The highest BCUT2D eigenvalue weighted by Gasteiger charge is 2.29. The molecular weight excluding hydrogens is 506 g/mol. The quantitative estimate of drug-likeness (QED) is 0.192. The number of carbonyl (C=O) groups excluding carboxylic acids is 4. The zero-order valence-electron chi connectivity index (χ0n) is 22.4. The van der Waals surface area contributed by atoms with Crippen LogP contribution in [0, 0.1) is 0 Å². The Morgan fingerprint density at radius 2 is 1.68 bits per heavy atom. The highest BCUT2D eigenvalue weighted by Crippen LogP contribution is 2.27. The average molecular weight is 538 g/mol. The number of ether oxygens (including phenoxy) is 1. The Morgan fingerprint density at radius 1 is 0.925 bits per heavy atom. The Kier molecular flexibility index (Phi) is 8.05. The Morgan fingerprint density at radius 3 is 2.45 bits per heavy atom. The summed E-state index contributed by atoms with van der Waals surface area (Å²) in [5.41, 5.74) is 4.56. The summed E-state index contributed by atoms with van der Waals surface area (Å²) in [7, 11) is 0. The summed E-state index contributed by atoms with van der Waals surface area (Å²) in [4.78, 5) is 53.5. The van der Waals surface area contributed by atoms with Gasteiger partial charge in [-0.2, -0.15) is 0 Å². The van der Waals surface area contributed by atoms with Gasteiger partial charge in [-0.15, -0.1) is 0 Å². The number of carbonyl (C=O) groups is 4. The molecule has 1 aromatic heterocycles. The minimum atomic E-state index is -0.653. The molecule has 0 radical (unpaired) electrons. The van der Waals surface area contributed by atoms with Crippen molar-refractivity contribution in [3.05, 3.63) is 101 Å². The van der Waals surface area contributed by atoms with Gasteiger partial charge in [-0.1, -0.05) is 54.6 Å². The lowest BCUT2D eigenvalue weighted by atomic mass is 9.99. The molecule has 8 nitrogen and oxygen atoms in total. The molecule has 1 aliphatic rings. The fourth-order valence-electron chi connectivity index (χ4n) is 5.09. The van der Waals surface area contributed by atoms with E-state index < -0.39 is 17.7 Å². The van der Waals surface area contributed by atoms with Crippen molar-refractivity contribution in [2.75, 3.05) is 18.5 Å². The standard InChI is InChI=1S/C32H31N3O5/c1-2-40-30(37)21-35-20-27(31(38)32(39)34-17-16-23-10-6-7-11-24(23)19-34)26-18-25(13-14-28(26)35)33-29(36)15-12-22-8-4-3-5-9-22/h3-11,13-14,18,20H,2,12,15-17,19,21H2,1H3,(H,33,36). The largest absolute Gasteiger partial charge is 0.465 e. The number of aromatic nitrogens is 1. The van der Waals surface area contributed by atoms with Crippen LogP contribution in [0.5, 0.6) is 0 Å². The van der Waals surface area contributed by atoms with Crippen LogP contribution in [0.15, 0.2) is 79.0 Å². The van der Waals surface area contributed by atoms with E-state index in [-0.39, 0.29) is 24.6 Å². The van der Waals surface area contributed by atoms with Crippen LogP contribution in [0.25, 0.3) is 10.9 Å². The van der Waals surface area contributed by atoms with Crippen LogP contribution < -0.4 is 5.32 Å². The minimum absolute atomic E-state index is 0.105. The molecule has 1 aliphatic heterocycles. The first-order valence-electron chi connectivity index (χ1n) is 13.5. The SMILES string of the molecule is CCOC(=O)Cn1cc(C(=O)C(=O)N2CCc3ccccc3C2)c2cc(NC(=O)CCc3ccccc3)ccc21. The Balaban J connectivity index is 1.40. The molecule has 4 aromatic rings. The molecule has 0 bridgehead atoms. The Hall–Kier alpha value is -4.72. The topological polar surface area (TPSA) is 97.7 Å². The van der Waals surface area contributed by atoms with Crippen LogP contribution in [-0.2, 0) is 45.1 Å². The zero-order chi connectivity index (χ0) is 28.1. The first-order valence-corrected chi connectivity index (χ1v) is 13.5. The van der Waals surface area contributed by atoms with Crippen LogP contribution >= 0.6 is 0 Å². The molecule has 1 N–H and O–H groups in total. The van der Waals surface area contributed by atoms with Crippen molar-refractivity contribution in [2.45, 2.75) is 39.3 Å². The second kappa shape index (κ2) is 12.0. The minimum Gasteiger partial charge on any atom is -0.465 e. The number of nitrogens with zero attached hydrogens (tertiary/aromatic N) is 2. The number of aryl methyl sites for hydroxylation is 1. The number of nitrogens with one attached hydrogen (secondary N) is 1. The van der Waals surface area contributed by atoms with Crippen molar-refractivity contribution < 1.29 is 23.9 Å². The molecular formula is C32H31N3O5. The molecule has 40 heavy (non-hydrogen) atoms. The fourth-order valence-corrected chi connectivity index (χ4v) is 5.09. The van der Waals surface area contributed by atoms with Crippen molar-refractivity contribution in [3.8, 4) is 0 Å². The number of amides is 2. The van der Waals surface area contributed by atoms with Gasteiger partial charge in [0.25, 0.3) is 11.7 Å². The number of esters is 1. The number of hydrogen-bond donors (Lipinski definition) is 1. The number of Topliss-reactive ketones (excluding diaryl/α,β-unsaturated/α-hetero) is 1. The van der Waals surface area contributed by atoms with Gasteiger partial charge < -0.3 is 19.5 Å². The molecule has 8 heteroatoms. The van der Waals surface area contributed by atoms with Gasteiger partial charge in [0.15, 0.2) is 0 Å². The number of ketones is 1. The average Bonchev–Trinajstić information content (AvgIpc) is 3.32. The highest BCUT2D eigenvalue weighted by molar-refractivity contribution is 6.45. The van der Waals surface area contributed by atoms with E-state index in [0.29, 0.717) is 48.9 Å². The van der Waals surface area contributed by atoms with E-state index in [2.05, 4.69) is 5.32 Å². The molecule has 0 aliphatic carbocycles. The third-order valence-electron chi connectivity index (χ3n) is 7.11. The van der Waals surface area contributed by atoms with Crippen molar-refractivity contribution in [2.24, 2.45) is 0 Å². The molecule has 0 spiro atoms. The first kappa shape index (κ1) is 26.9. The Bertz CT molecular complexity index is 1570. The van der Waals surface area contributed by atoms with E-state index in [9.17, 15) is 19.2 Å². The maximum absolute atomic E-state index is 13.6. The molecule has 0 fully saturated rings. The smallest absolute Gasteiger partial charge is 0.325 e. The van der Waals surface area contributed by atoms with E-state index in [0.717, 1.165) is 11.1 Å². The van der Waals surface area contributed by atoms with E-state index >= 15 is 0 Å². The summed E-state index contributed by atoms with van der Waals surface area (Å²) >= 11 is 0. The lowest BCUT2D eigenvalue weighted by Gasteiger charge is -2.28. The molecule has 0 saturated carbocycles. The van der Waals surface area contributed by atoms with Crippen molar-refractivity contribution in [1.82, 2.24) is 9.47 Å². The zero-order valence-corrected chi connectivity index (χ0v) is 22.4. The number of rotatable bonds is 9. The van der Waals surface area contributed by atoms with E-state index in [1.807, 2.05) is 54.6 Å². The van der Waals surface area contributed by atoms with Crippen molar-refractivity contribution >= 4 is 40.2 Å². The molecule has 5 rings (SSSR count). The normalized spacial score (nSPS) is 12.6. The molecule has 2 heterocycles. The lowest BCUT2D eigenvalue weighted by molar-refractivity contribution is -0.143. The maximum atomic E-state index is 13.6. The third-order valence-corrected chi connectivity index (χ3v) is 7.11. The van der Waals surface area contributed by atoms with Crippen LogP contribution in [-0.4, -0.2) is 46.2 Å². The van der Waals surface area contributed by atoms with Crippen LogP contribution in [0.2, 0.25) is 0 Å². The number of fused-ring (bicyclic) bond motifs is 2. The predicted molar refractivity (Wildman–Crippen MR) is 152 cm³/mol. The summed E-state index contributed by atoms with van der Waals surface area (Å²) in [6, 6.07) is 22.8. The maximum Gasteiger partial charge on any atom is 0.325 e. The molecule has 3 aromatic carbocycles. The van der Waals surface area contributed by atoms with E-state index in [1.165, 1.54) is 11.8 Å². The fraction of sp³-hybridized carbons (Fsp3) is 0.250. The second-order valence-electron chi connectivity index (χ2n) is 9.82. The van der Waals surface area contributed by atoms with Gasteiger partial charge in [-0.3, -0.25) is 19.2 Å². The summed E-state index contributed by atoms with van der Waals surface area (Å²) in [5, 5.41) is 3.38. The van der Waals surface area contributed by atoms with Gasteiger partial charge in [0.05, 0.1) is 12.2 Å². The van der Waals surface area contributed by atoms with Gasteiger partial charge in [0.2, 0.25) is 5.91 Å². The van der Waals surface area contributed by atoms with Crippen LogP contribution in [0.4, 0.5) is 5.69 Å². The monoisotopic (exact) mass is 537 g/mol. The Labute approximate surface area is 232 Å². The van der Waals surface area contributed by atoms with Crippen LogP contribution in [0.3, 0.4) is 0 Å². The molecule has 2 amide bonds. The van der Waals surface area contributed by atoms with Gasteiger partial charge in [-0.05, 0) is 54.7 Å². The van der Waals surface area contributed by atoms with Crippen LogP contribution in [0.1, 0.15) is 40.4 Å². The van der Waals surface area contributed by atoms with Gasteiger partial charge in [0, 0.05) is 42.3 Å². The predicted octanol–water partition coefficient (Wildman–Crippen LogP) is 4.54. The second-order valence-corrected chi connectivity index (χ2v) is 9.82. The molecule has 0 atom stereocenters. The highest BCUT2D eigenvalue weighted by atomic mass is 16.5. The summed E-state index contributed by atoms with van der Waals surface area (Å²) in [5.74, 6) is -1.86. The molecule has 0 unspecified atom stereocenters. The summed E-state index contributed by atoms with van der Waals surface area (Å²) in [6.07, 6.45) is 3.11. The number of benzene rings is 3. The van der Waals surface area contributed by atoms with Crippen molar-refractivity contribution in [3.63, 3.8) is 0 Å². The number of anilines is 1. The molecule has 0 saturated heterocycles. The third kappa shape index (κ3) is 5.96. The van der Waals surface area contributed by atoms with Gasteiger partial charge in [-0.25, -0.2) is 0 Å². The van der Waals surface area contributed by atoms with Crippen molar-refractivity contribution in [1.29, 1.82) is 0 Å². The summed E-state index contributed by atoms with van der Waals surface area (Å²) in [6.45, 7) is 2.67.